The minimum absolute atomic E-state index is 0.195. The SMILES string of the molecule is CCCCCc1ccc(-c2ccc(-c3nnc(-c4cc(OCCCCCO)cc(OCCCCCCO)c4)o3)cc2)cc1. The van der Waals surface area contributed by atoms with Crippen LogP contribution >= 0.6 is 0 Å². The van der Waals surface area contributed by atoms with E-state index >= 15 is 0 Å². The third kappa shape index (κ3) is 10.5. The second kappa shape index (κ2) is 18.1. The molecule has 0 saturated carbocycles. The summed E-state index contributed by atoms with van der Waals surface area (Å²) >= 11 is 0. The highest BCUT2D eigenvalue weighted by atomic mass is 16.5. The summed E-state index contributed by atoms with van der Waals surface area (Å²) in [6.45, 7) is 3.78. The minimum Gasteiger partial charge on any atom is -0.493 e. The number of benzene rings is 3. The molecule has 7 nitrogen and oxygen atoms in total. The molecule has 0 aliphatic rings. The van der Waals surface area contributed by atoms with Gasteiger partial charge >= 0.3 is 0 Å². The Morgan fingerprint density at radius 1 is 0.558 bits per heavy atom. The van der Waals surface area contributed by atoms with Gasteiger partial charge in [-0.2, -0.15) is 0 Å². The highest BCUT2D eigenvalue weighted by molar-refractivity contribution is 5.68. The van der Waals surface area contributed by atoms with Crippen LogP contribution in [0, 0.1) is 0 Å². The van der Waals surface area contributed by atoms with Crippen molar-refractivity contribution in [2.45, 2.75) is 77.6 Å². The van der Waals surface area contributed by atoms with Crippen molar-refractivity contribution in [1.29, 1.82) is 0 Å². The van der Waals surface area contributed by atoms with Crippen molar-refractivity contribution in [2.75, 3.05) is 26.4 Å². The highest BCUT2D eigenvalue weighted by Crippen LogP contribution is 2.32. The summed E-state index contributed by atoms with van der Waals surface area (Å²) in [5, 5.41) is 26.7. The van der Waals surface area contributed by atoms with Crippen LogP contribution in [0.25, 0.3) is 34.0 Å². The number of nitrogens with zero attached hydrogens (tertiary/aromatic N) is 2. The van der Waals surface area contributed by atoms with Gasteiger partial charge in [0, 0.05) is 30.4 Å². The summed E-state index contributed by atoms with van der Waals surface area (Å²) in [5.41, 5.74) is 5.30. The van der Waals surface area contributed by atoms with Gasteiger partial charge in [0.1, 0.15) is 11.5 Å². The zero-order valence-corrected chi connectivity index (χ0v) is 25.5. The first kappa shape index (κ1) is 32.2. The topological polar surface area (TPSA) is 97.8 Å². The summed E-state index contributed by atoms with van der Waals surface area (Å²) in [5.74, 6) is 2.22. The summed E-state index contributed by atoms with van der Waals surface area (Å²) in [7, 11) is 0. The Labute approximate surface area is 255 Å². The first-order chi connectivity index (χ1) is 21.2. The van der Waals surface area contributed by atoms with Crippen molar-refractivity contribution in [1.82, 2.24) is 10.2 Å². The molecular weight excluding hydrogens is 540 g/mol. The summed E-state index contributed by atoms with van der Waals surface area (Å²) < 4.78 is 18.2. The van der Waals surface area contributed by atoms with Crippen molar-refractivity contribution in [3.8, 4) is 45.5 Å². The Bertz CT molecular complexity index is 1330. The smallest absolute Gasteiger partial charge is 0.248 e. The van der Waals surface area contributed by atoms with E-state index in [1.807, 2.05) is 30.3 Å². The van der Waals surface area contributed by atoms with Gasteiger partial charge in [-0.15, -0.1) is 10.2 Å². The Kier molecular flexibility index (Phi) is 13.6. The number of hydrogen-bond acceptors (Lipinski definition) is 7. The summed E-state index contributed by atoms with van der Waals surface area (Å²) in [4.78, 5) is 0. The normalized spacial score (nSPS) is 11.1. The largest absolute Gasteiger partial charge is 0.493 e. The number of hydrogen-bond donors (Lipinski definition) is 2. The molecule has 4 aromatic rings. The van der Waals surface area contributed by atoms with E-state index in [9.17, 15) is 0 Å². The van der Waals surface area contributed by atoms with Crippen LogP contribution in [-0.4, -0.2) is 46.8 Å². The average molecular weight is 587 g/mol. The number of aromatic nitrogens is 2. The molecule has 1 heterocycles. The van der Waals surface area contributed by atoms with Gasteiger partial charge in [0.25, 0.3) is 0 Å². The second-order valence-electron chi connectivity index (χ2n) is 11.0. The van der Waals surface area contributed by atoms with Gasteiger partial charge in [-0.1, -0.05) is 62.6 Å². The fourth-order valence-corrected chi connectivity index (χ4v) is 4.90. The third-order valence-corrected chi connectivity index (χ3v) is 7.43. The fraction of sp³-hybridized carbons (Fsp3) is 0.444. The van der Waals surface area contributed by atoms with Crippen molar-refractivity contribution in [2.24, 2.45) is 0 Å². The molecule has 0 aliphatic heterocycles. The van der Waals surface area contributed by atoms with Crippen molar-refractivity contribution in [3.05, 3.63) is 72.3 Å². The molecule has 3 aromatic carbocycles. The highest BCUT2D eigenvalue weighted by Gasteiger charge is 2.14. The van der Waals surface area contributed by atoms with Crippen LogP contribution in [-0.2, 0) is 6.42 Å². The van der Waals surface area contributed by atoms with Gasteiger partial charge in [0.15, 0.2) is 0 Å². The van der Waals surface area contributed by atoms with Gasteiger partial charge in [0.2, 0.25) is 11.8 Å². The number of rotatable bonds is 20. The lowest BCUT2D eigenvalue weighted by Crippen LogP contribution is -2.01. The molecule has 0 fully saturated rings. The summed E-state index contributed by atoms with van der Waals surface area (Å²) in [6.07, 6.45) is 11.1. The van der Waals surface area contributed by atoms with E-state index in [1.165, 1.54) is 30.4 Å². The molecule has 0 radical (unpaired) electrons. The maximum atomic E-state index is 9.03. The van der Waals surface area contributed by atoms with Crippen molar-refractivity contribution in [3.63, 3.8) is 0 Å². The van der Waals surface area contributed by atoms with Crippen LogP contribution in [0.5, 0.6) is 11.5 Å². The van der Waals surface area contributed by atoms with Gasteiger partial charge in [0.05, 0.1) is 13.2 Å². The van der Waals surface area contributed by atoms with E-state index < -0.39 is 0 Å². The van der Waals surface area contributed by atoms with E-state index in [0.29, 0.717) is 36.5 Å². The van der Waals surface area contributed by atoms with Gasteiger partial charge in [-0.05, 0) is 92.3 Å². The summed E-state index contributed by atoms with van der Waals surface area (Å²) in [6, 6.07) is 22.7. The number of aliphatic hydroxyl groups is 2. The van der Waals surface area contributed by atoms with Crippen LogP contribution in [0.4, 0.5) is 0 Å². The van der Waals surface area contributed by atoms with E-state index in [4.69, 9.17) is 24.1 Å². The average Bonchev–Trinajstić information content (AvgIpc) is 3.54. The van der Waals surface area contributed by atoms with Crippen molar-refractivity contribution < 1.29 is 24.1 Å². The fourth-order valence-electron chi connectivity index (χ4n) is 4.90. The lowest BCUT2D eigenvalue weighted by molar-refractivity contribution is 0.263. The number of unbranched alkanes of at least 4 members (excludes halogenated alkanes) is 7. The maximum absolute atomic E-state index is 9.03. The van der Waals surface area contributed by atoms with E-state index in [0.717, 1.165) is 68.1 Å². The molecule has 0 unspecified atom stereocenters. The van der Waals surface area contributed by atoms with E-state index in [2.05, 4.69) is 53.5 Å². The first-order valence-corrected chi connectivity index (χ1v) is 15.9. The molecule has 230 valence electrons. The third-order valence-electron chi connectivity index (χ3n) is 7.43. The van der Waals surface area contributed by atoms with Crippen molar-refractivity contribution >= 4 is 0 Å². The van der Waals surface area contributed by atoms with E-state index in [-0.39, 0.29) is 13.2 Å². The lowest BCUT2D eigenvalue weighted by atomic mass is 10.0. The van der Waals surface area contributed by atoms with Gasteiger partial charge < -0.3 is 24.1 Å². The van der Waals surface area contributed by atoms with Crippen LogP contribution < -0.4 is 9.47 Å². The molecule has 0 amide bonds. The van der Waals surface area contributed by atoms with Crippen LogP contribution in [0.1, 0.15) is 76.7 Å². The Balaban J connectivity index is 1.43. The maximum Gasteiger partial charge on any atom is 0.248 e. The quantitative estimate of drug-likeness (QED) is 0.101. The molecule has 0 saturated heterocycles. The zero-order valence-electron chi connectivity index (χ0n) is 25.5. The monoisotopic (exact) mass is 586 g/mol. The Hall–Kier alpha value is -3.68. The molecule has 0 aliphatic carbocycles. The van der Waals surface area contributed by atoms with Crippen LogP contribution in [0.2, 0.25) is 0 Å². The van der Waals surface area contributed by atoms with Gasteiger partial charge in [-0.25, -0.2) is 0 Å². The number of aryl methyl sites for hydroxylation is 1. The molecule has 7 heteroatoms. The molecule has 43 heavy (non-hydrogen) atoms. The second-order valence-corrected chi connectivity index (χ2v) is 11.0. The number of ether oxygens (including phenoxy) is 2. The molecule has 2 N–H and O–H groups in total. The molecule has 0 atom stereocenters. The molecular formula is C36H46N2O5. The standard InChI is InChI=1S/C36H46N2O5/c1-2-3-7-12-28-13-15-29(16-14-28)30-17-19-31(20-18-30)35-37-38-36(43-35)32-25-33(41-23-10-5-4-8-21-39)27-34(26-32)42-24-11-6-9-22-40/h13-20,25-27,39-40H,2-12,21-24H2,1H3. The molecule has 1 aromatic heterocycles. The zero-order chi connectivity index (χ0) is 30.1. The molecule has 0 bridgehead atoms. The lowest BCUT2D eigenvalue weighted by Gasteiger charge is -2.11. The van der Waals surface area contributed by atoms with Gasteiger partial charge in [-0.3, -0.25) is 0 Å². The predicted octanol–water partition coefficient (Wildman–Crippen LogP) is 8.28. The molecule has 4 rings (SSSR count). The van der Waals surface area contributed by atoms with Crippen LogP contribution in [0.3, 0.4) is 0 Å². The van der Waals surface area contributed by atoms with Crippen LogP contribution in [0.15, 0.2) is 71.1 Å². The first-order valence-electron chi connectivity index (χ1n) is 15.9. The Morgan fingerprint density at radius 3 is 1.65 bits per heavy atom. The van der Waals surface area contributed by atoms with E-state index in [1.54, 1.807) is 0 Å². The minimum atomic E-state index is 0.195. The molecule has 0 spiro atoms. The Morgan fingerprint density at radius 2 is 1.07 bits per heavy atom. The number of aliphatic hydroxyl groups excluding tert-OH is 2. The predicted molar refractivity (Wildman–Crippen MR) is 171 cm³/mol.